The van der Waals surface area contributed by atoms with Gasteiger partial charge < -0.3 is 14.0 Å². The first-order valence-corrected chi connectivity index (χ1v) is 8.28. The molecular weight excluding hydrogens is 312 g/mol. The van der Waals surface area contributed by atoms with E-state index in [0.29, 0.717) is 6.42 Å². The van der Waals surface area contributed by atoms with Gasteiger partial charge in [-0.2, -0.15) is 0 Å². The van der Waals surface area contributed by atoms with Gasteiger partial charge in [-0.3, -0.25) is 14.9 Å². The summed E-state index contributed by atoms with van der Waals surface area (Å²) in [5.74, 6) is -0.232. The zero-order valence-electron chi connectivity index (χ0n) is 14.1. The minimum atomic E-state index is -0.379. The van der Waals surface area contributed by atoms with Crippen molar-refractivity contribution in [2.45, 2.75) is 32.2 Å². The summed E-state index contributed by atoms with van der Waals surface area (Å²) < 4.78 is 10.6. The van der Waals surface area contributed by atoms with Crippen LogP contribution in [0.3, 0.4) is 0 Å². The summed E-state index contributed by atoms with van der Waals surface area (Å²) in [5.41, 5.74) is 1.22. The van der Waals surface area contributed by atoms with Gasteiger partial charge in [-0.25, -0.2) is 0 Å². The number of methoxy groups -OCH3 is 1. The van der Waals surface area contributed by atoms with E-state index in [1.807, 2.05) is 12.1 Å². The first kappa shape index (κ1) is 18.4. The normalized spacial score (nSPS) is 16.0. The van der Waals surface area contributed by atoms with Crippen molar-refractivity contribution in [1.29, 1.82) is 0 Å². The Labute approximate surface area is 141 Å². The average Bonchev–Trinajstić information content (AvgIpc) is 3.02. The lowest BCUT2D eigenvalue weighted by atomic mass is 10.1. The Morgan fingerprint density at radius 3 is 2.50 bits per heavy atom. The fourth-order valence-corrected chi connectivity index (χ4v) is 3.33. The molecule has 1 aromatic carbocycles. The number of nitro groups is 1. The molecule has 1 aliphatic rings. The van der Waals surface area contributed by atoms with E-state index in [1.165, 1.54) is 20.0 Å². The lowest BCUT2D eigenvalue weighted by Gasteiger charge is -2.34. The van der Waals surface area contributed by atoms with Crippen LogP contribution in [0.1, 0.15) is 31.2 Å². The third-order valence-electron chi connectivity index (χ3n) is 4.53. The fourth-order valence-electron chi connectivity index (χ4n) is 3.33. The van der Waals surface area contributed by atoms with Gasteiger partial charge >= 0.3 is 5.97 Å². The van der Waals surface area contributed by atoms with E-state index in [9.17, 15) is 14.9 Å². The van der Waals surface area contributed by atoms with Crippen molar-refractivity contribution in [3.8, 4) is 0 Å². The Bertz CT molecular complexity index is 553. The zero-order valence-corrected chi connectivity index (χ0v) is 14.1. The SMILES string of the molecule is COCOC(=O)CCC[N+]1(Cc2ccc([N+](=O)[O-])cc2)CCCC1. The predicted octanol–water partition coefficient (Wildman–Crippen LogP) is 2.63. The number of rotatable bonds is 9. The van der Waals surface area contributed by atoms with Crippen LogP contribution in [0.25, 0.3) is 0 Å². The maximum Gasteiger partial charge on any atom is 0.308 e. The number of non-ortho nitro benzene ring substituents is 1. The topological polar surface area (TPSA) is 78.7 Å². The second-order valence-electron chi connectivity index (χ2n) is 6.33. The van der Waals surface area contributed by atoms with Crippen LogP contribution in [-0.2, 0) is 20.8 Å². The Morgan fingerprint density at radius 2 is 1.92 bits per heavy atom. The van der Waals surface area contributed by atoms with Crippen molar-refractivity contribution in [3.05, 3.63) is 39.9 Å². The number of carbonyl (C=O) groups excluding carboxylic acids is 1. The minimum absolute atomic E-state index is 0.00162. The van der Waals surface area contributed by atoms with Crippen molar-refractivity contribution >= 4 is 11.7 Å². The van der Waals surface area contributed by atoms with E-state index in [1.54, 1.807) is 12.1 Å². The highest BCUT2D eigenvalue weighted by atomic mass is 16.7. The van der Waals surface area contributed by atoms with Crippen LogP contribution in [0, 0.1) is 10.1 Å². The maximum atomic E-state index is 11.6. The summed E-state index contributed by atoms with van der Waals surface area (Å²) in [4.78, 5) is 21.9. The van der Waals surface area contributed by atoms with Crippen LogP contribution >= 0.6 is 0 Å². The molecule has 0 N–H and O–H groups in total. The Hall–Kier alpha value is -1.99. The molecule has 0 bridgehead atoms. The number of hydrogen-bond acceptors (Lipinski definition) is 5. The van der Waals surface area contributed by atoms with Crippen molar-refractivity contribution in [1.82, 2.24) is 0 Å². The quantitative estimate of drug-likeness (QED) is 0.227. The Kier molecular flexibility index (Phi) is 6.69. The van der Waals surface area contributed by atoms with Crippen molar-refractivity contribution in [3.63, 3.8) is 0 Å². The van der Waals surface area contributed by atoms with Crippen LogP contribution < -0.4 is 0 Å². The van der Waals surface area contributed by atoms with Crippen LogP contribution in [-0.4, -0.2) is 48.9 Å². The summed E-state index contributed by atoms with van der Waals surface area (Å²) >= 11 is 0. The molecule has 1 heterocycles. The second kappa shape index (κ2) is 8.75. The van der Waals surface area contributed by atoms with E-state index >= 15 is 0 Å². The van der Waals surface area contributed by atoms with Gasteiger partial charge in [0.1, 0.15) is 6.54 Å². The highest BCUT2D eigenvalue weighted by Gasteiger charge is 2.32. The van der Waals surface area contributed by atoms with Crippen LogP contribution in [0.5, 0.6) is 0 Å². The second-order valence-corrected chi connectivity index (χ2v) is 6.33. The smallest absolute Gasteiger partial charge is 0.308 e. The molecule has 1 aliphatic heterocycles. The van der Waals surface area contributed by atoms with Crippen molar-refractivity contribution in [2.75, 3.05) is 33.5 Å². The summed E-state index contributed by atoms with van der Waals surface area (Å²) in [6, 6.07) is 6.79. The molecule has 1 saturated heterocycles. The predicted molar refractivity (Wildman–Crippen MR) is 88.1 cm³/mol. The van der Waals surface area contributed by atoms with Crippen molar-refractivity contribution in [2.24, 2.45) is 0 Å². The molecular formula is C17H25N2O5+. The molecule has 7 heteroatoms. The van der Waals surface area contributed by atoms with Gasteiger partial charge in [0.2, 0.25) is 0 Å². The van der Waals surface area contributed by atoms with Gasteiger partial charge in [-0.15, -0.1) is 0 Å². The van der Waals surface area contributed by atoms with Gasteiger partial charge in [0, 0.05) is 44.1 Å². The summed E-state index contributed by atoms with van der Waals surface area (Å²) in [5, 5.41) is 10.7. The lowest BCUT2D eigenvalue weighted by molar-refractivity contribution is -0.929. The Morgan fingerprint density at radius 1 is 1.25 bits per heavy atom. The van der Waals surface area contributed by atoms with Gasteiger partial charge in [0.05, 0.1) is 31.0 Å². The molecule has 0 spiro atoms. The van der Waals surface area contributed by atoms with Gasteiger partial charge in [0.25, 0.3) is 5.69 Å². The first-order valence-electron chi connectivity index (χ1n) is 8.28. The third kappa shape index (κ3) is 5.28. The molecule has 1 fully saturated rings. The van der Waals surface area contributed by atoms with Crippen LogP contribution in [0.2, 0.25) is 0 Å². The van der Waals surface area contributed by atoms with Crippen molar-refractivity contribution < 1.29 is 23.7 Å². The molecule has 7 nitrogen and oxygen atoms in total. The molecule has 0 saturated carbocycles. The highest BCUT2D eigenvalue weighted by molar-refractivity contribution is 5.69. The molecule has 0 atom stereocenters. The van der Waals surface area contributed by atoms with E-state index in [0.717, 1.165) is 42.6 Å². The lowest BCUT2D eigenvalue weighted by Crippen LogP contribution is -2.45. The number of hydrogen-bond donors (Lipinski definition) is 0. The molecule has 24 heavy (non-hydrogen) atoms. The number of ether oxygens (including phenoxy) is 2. The average molecular weight is 337 g/mol. The van der Waals surface area contributed by atoms with E-state index in [4.69, 9.17) is 9.47 Å². The summed E-state index contributed by atoms with van der Waals surface area (Å²) in [7, 11) is 1.49. The third-order valence-corrected chi connectivity index (χ3v) is 4.53. The molecule has 1 aromatic rings. The molecule has 0 radical (unpaired) electrons. The molecule has 0 unspecified atom stereocenters. The molecule has 2 rings (SSSR count). The highest BCUT2D eigenvalue weighted by Crippen LogP contribution is 2.25. The number of benzene rings is 1. The molecule has 132 valence electrons. The largest absolute Gasteiger partial charge is 0.438 e. The summed E-state index contributed by atoms with van der Waals surface area (Å²) in [6.45, 7) is 3.94. The van der Waals surface area contributed by atoms with E-state index in [2.05, 4.69) is 0 Å². The number of nitro benzene ring substituents is 1. The fraction of sp³-hybridized carbons (Fsp3) is 0.588. The monoisotopic (exact) mass is 337 g/mol. The standard InChI is InChI=1S/C17H25N2O5/c1-23-14-24-17(20)5-4-12-19(10-2-3-11-19)13-15-6-8-16(9-7-15)18(21)22/h6-9H,2-5,10-14H2,1H3/q+1. The number of esters is 1. The summed E-state index contributed by atoms with van der Waals surface area (Å²) in [6.07, 6.45) is 3.53. The molecule has 0 amide bonds. The number of carbonyl (C=O) groups is 1. The number of nitrogens with zero attached hydrogens (tertiary/aromatic N) is 2. The van der Waals surface area contributed by atoms with Gasteiger partial charge in [-0.1, -0.05) is 0 Å². The van der Waals surface area contributed by atoms with Crippen LogP contribution in [0.15, 0.2) is 24.3 Å². The Balaban J connectivity index is 1.90. The number of quaternary nitrogens is 1. The van der Waals surface area contributed by atoms with E-state index in [-0.39, 0.29) is 23.4 Å². The number of likely N-dealkylation sites (tertiary alicyclic amines) is 1. The van der Waals surface area contributed by atoms with Crippen LogP contribution in [0.4, 0.5) is 5.69 Å². The van der Waals surface area contributed by atoms with Gasteiger partial charge in [-0.05, 0) is 12.1 Å². The maximum absolute atomic E-state index is 11.6. The molecule has 0 aliphatic carbocycles. The first-order chi connectivity index (χ1) is 11.5. The van der Waals surface area contributed by atoms with Gasteiger partial charge in [0.15, 0.2) is 6.79 Å². The minimum Gasteiger partial charge on any atom is -0.438 e. The molecule has 0 aromatic heterocycles. The van der Waals surface area contributed by atoms with E-state index < -0.39 is 0 Å². The zero-order chi connectivity index (χ0) is 17.4.